The van der Waals surface area contributed by atoms with E-state index in [-0.39, 0.29) is 24.0 Å². The number of ether oxygens (including phenoxy) is 1. The van der Waals surface area contributed by atoms with Gasteiger partial charge in [-0.1, -0.05) is 152 Å². The zero-order chi connectivity index (χ0) is 39.7. The molecule has 0 amide bonds. The van der Waals surface area contributed by atoms with Crippen LogP contribution in [0.2, 0.25) is 0 Å². The second-order valence-corrected chi connectivity index (χ2v) is 16.5. The van der Waals surface area contributed by atoms with Crippen LogP contribution >= 0.6 is 0 Å². The summed E-state index contributed by atoms with van der Waals surface area (Å²) in [6.45, 7) is 14.5. The molecule has 0 heterocycles. The van der Waals surface area contributed by atoms with Crippen LogP contribution in [0.1, 0.15) is 165 Å². The Morgan fingerprint density at radius 1 is 0.759 bits per heavy atom. The van der Waals surface area contributed by atoms with Gasteiger partial charge in [0.15, 0.2) is 11.6 Å². The van der Waals surface area contributed by atoms with Gasteiger partial charge in [0.05, 0.1) is 6.61 Å². The predicted molar refractivity (Wildman–Crippen MR) is 229 cm³/mol. The zero-order valence-corrected chi connectivity index (χ0v) is 35.5. The van der Waals surface area contributed by atoms with E-state index in [1.165, 1.54) is 38.5 Å². The van der Waals surface area contributed by atoms with Crippen LogP contribution in [0.25, 0.3) is 0 Å². The number of hydrogen-bond donors (Lipinski definition) is 0. The number of allylic oxidation sites excluding steroid dienone is 7. The van der Waals surface area contributed by atoms with Gasteiger partial charge in [-0.3, -0.25) is 9.59 Å². The molecule has 0 aromatic heterocycles. The lowest BCUT2D eigenvalue weighted by atomic mass is 9.83. The summed E-state index contributed by atoms with van der Waals surface area (Å²) < 4.78 is 5.80. The number of Topliss-reactive ketones (excluding diaryl/α,β-unsaturated/α-hetero) is 2. The number of carbonyl (C=O) groups excluding carboxylic acids is 3. The molecule has 0 radical (unpaired) electrons. The molecule has 1 aliphatic carbocycles. The van der Waals surface area contributed by atoms with Crippen LogP contribution in [0.5, 0.6) is 0 Å². The van der Waals surface area contributed by atoms with E-state index >= 15 is 0 Å². The Morgan fingerprint density at radius 2 is 1.39 bits per heavy atom. The van der Waals surface area contributed by atoms with Crippen molar-refractivity contribution in [2.24, 2.45) is 23.7 Å². The zero-order valence-electron chi connectivity index (χ0n) is 35.5. The van der Waals surface area contributed by atoms with Crippen molar-refractivity contribution in [2.45, 2.75) is 144 Å². The first-order valence-electron chi connectivity index (χ1n) is 21.3. The second-order valence-electron chi connectivity index (χ2n) is 16.5. The molecule has 0 aliphatic heterocycles. The standard InChI is InChI=1S/C49H75NO4/c1-9-24-42(37-50(7)8)30-17-15-13-11-10-12-14-16-20-36-54-49(53)43(31-23-29-40(5)28-22-27-39(4)26-21-25-38(2)3)34-35-44-41(6)47(51)45-32-18-19-33-46(45)48(44)52/h9,11,13,17-19,24,30,32-34,38-40,42H,10,12,14-16,20-23,25-29,31,35-37H2,1-8H3/b13-11-,24-9+,30-17-,43-34+. The number of nitrogens with zero attached hydrogens (tertiary/aromatic N) is 1. The monoisotopic (exact) mass is 742 g/mol. The molecule has 1 aromatic carbocycles. The number of hydrogen-bond acceptors (Lipinski definition) is 5. The highest BCUT2D eigenvalue weighted by Crippen LogP contribution is 2.29. The van der Waals surface area contributed by atoms with Gasteiger partial charge in [0, 0.05) is 40.3 Å². The van der Waals surface area contributed by atoms with Crippen molar-refractivity contribution in [1.29, 1.82) is 0 Å². The molecule has 0 spiro atoms. The number of ketones is 2. The fraction of sp³-hybridized carbons (Fsp3) is 0.612. The van der Waals surface area contributed by atoms with E-state index in [1.54, 1.807) is 31.2 Å². The lowest BCUT2D eigenvalue weighted by Crippen LogP contribution is -2.20. The van der Waals surface area contributed by atoms with E-state index < -0.39 is 0 Å². The third-order valence-electron chi connectivity index (χ3n) is 10.6. The molecular weight excluding hydrogens is 667 g/mol. The summed E-state index contributed by atoms with van der Waals surface area (Å²) in [7, 11) is 4.21. The summed E-state index contributed by atoms with van der Waals surface area (Å²) in [6, 6.07) is 7.02. The smallest absolute Gasteiger partial charge is 0.333 e. The number of esters is 1. The number of carbonyl (C=O) groups is 3. The Kier molecular flexibility index (Phi) is 23.7. The van der Waals surface area contributed by atoms with Crippen molar-refractivity contribution in [1.82, 2.24) is 4.90 Å². The summed E-state index contributed by atoms with van der Waals surface area (Å²) in [6.07, 6.45) is 31.9. The Balaban J connectivity index is 1.86. The molecule has 0 saturated carbocycles. The Morgan fingerprint density at radius 3 is 2.04 bits per heavy atom. The maximum absolute atomic E-state index is 13.4. The molecule has 300 valence electrons. The average molecular weight is 742 g/mol. The van der Waals surface area contributed by atoms with Crippen molar-refractivity contribution >= 4 is 17.5 Å². The highest BCUT2D eigenvalue weighted by molar-refractivity contribution is 6.26. The molecule has 0 fully saturated rings. The van der Waals surface area contributed by atoms with Crippen molar-refractivity contribution in [3.05, 3.63) is 94.6 Å². The second kappa shape index (κ2) is 27.3. The van der Waals surface area contributed by atoms with Gasteiger partial charge in [0.25, 0.3) is 0 Å². The van der Waals surface area contributed by atoms with Gasteiger partial charge < -0.3 is 9.64 Å². The molecule has 0 saturated heterocycles. The molecule has 0 bridgehead atoms. The Hall–Kier alpha value is -3.31. The largest absolute Gasteiger partial charge is 0.462 e. The van der Waals surface area contributed by atoms with E-state index in [0.29, 0.717) is 52.7 Å². The van der Waals surface area contributed by atoms with Crippen LogP contribution < -0.4 is 0 Å². The van der Waals surface area contributed by atoms with Crippen LogP contribution in [0.15, 0.2) is 83.5 Å². The first-order valence-corrected chi connectivity index (χ1v) is 21.3. The fourth-order valence-corrected chi connectivity index (χ4v) is 7.30. The lowest BCUT2D eigenvalue weighted by molar-refractivity contribution is -0.139. The van der Waals surface area contributed by atoms with Crippen LogP contribution in [0.4, 0.5) is 0 Å². The predicted octanol–water partition coefficient (Wildman–Crippen LogP) is 12.9. The minimum Gasteiger partial charge on any atom is -0.462 e. The summed E-state index contributed by atoms with van der Waals surface area (Å²) >= 11 is 0. The van der Waals surface area contributed by atoms with Gasteiger partial charge in [0.1, 0.15) is 0 Å². The van der Waals surface area contributed by atoms with E-state index in [0.717, 1.165) is 69.7 Å². The quantitative estimate of drug-likeness (QED) is 0.0370. The van der Waals surface area contributed by atoms with Gasteiger partial charge in [0.2, 0.25) is 0 Å². The fourth-order valence-electron chi connectivity index (χ4n) is 7.30. The Labute approximate surface area is 330 Å². The minimum atomic E-state index is -0.288. The normalized spacial score (nSPS) is 15.7. The number of unbranched alkanes of at least 4 members (excludes halogenated alkanes) is 4. The summed E-state index contributed by atoms with van der Waals surface area (Å²) in [5.74, 6) is 2.10. The molecule has 54 heavy (non-hydrogen) atoms. The molecule has 2 rings (SSSR count). The average Bonchev–Trinajstić information content (AvgIpc) is 3.13. The van der Waals surface area contributed by atoms with Crippen molar-refractivity contribution in [3.63, 3.8) is 0 Å². The third-order valence-corrected chi connectivity index (χ3v) is 10.6. The van der Waals surface area contributed by atoms with E-state index in [1.807, 2.05) is 6.08 Å². The van der Waals surface area contributed by atoms with Gasteiger partial charge in [-0.05, 0) is 90.6 Å². The Bertz CT molecular complexity index is 1420. The van der Waals surface area contributed by atoms with Gasteiger partial charge in [-0.25, -0.2) is 4.79 Å². The molecule has 0 N–H and O–H groups in total. The molecular formula is C49H75NO4. The van der Waals surface area contributed by atoms with Crippen LogP contribution in [0.3, 0.4) is 0 Å². The molecule has 3 unspecified atom stereocenters. The minimum absolute atomic E-state index is 0.109. The first kappa shape index (κ1) is 46.8. The van der Waals surface area contributed by atoms with Crippen molar-refractivity contribution in [3.8, 4) is 0 Å². The number of fused-ring (bicyclic) bond motifs is 1. The molecule has 5 nitrogen and oxygen atoms in total. The van der Waals surface area contributed by atoms with E-state index in [2.05, 4.69) is 90.1 Å². The SMILES string of the molecule is C/C=C/C(/C=C\C/C=C\CCCCCCOC(=O)/C(=C/CC1=C(C)C(=O)c2ccccc2C1=O)CCCC(C)CCCC(C)CCCC(C)C)CN(C)C. The highest BCUT2D eigenvalue weighted by Gasteiger charge is 2.29. The van der Waals surface area contributed by atoms with E-state index in [9.17, 15) is 14.4 Å². The maximum Gasteiger partial charge on any atom is 0.333 e. The van der Waals surface area contributed by atoms with Crippen molar-refractivity contribution < 1.29 is 19.1 Å². The highest BCUT2D eigenvalue weighted by atomic mass is 16.5. The molecule has 5 heteroatoms. The molecule has 1 aliphatic rings. The lowest BCUT2D eigenvalue weighted by Gasteiger charge is -2.18. The third kappa shape index (κ3) is 18.8. The van der Waals surface area contributed by atoms with Gasteiger partial charge in [-0.15, -0.1) is 0 Å². The molecule has 3 atom stereocenters. The van der Waals surface area contributed by atoms with Crippen molar-refractivity contribution in [2.75, 3.05) is 27.2 Å². The summed E-state index contributed by atoms with van der Waals surface area (Å²) in [4.78, 5) is 42.1. The van der Waals surface area contributed by atoms with Crippen LogP contribution in [-0.4, -0.2) is 49.7 Å². The summed E-state index contributed by atoms with van der Waals surface area (Å²) in [5.41, 5.74) is 2.48. The van der Waals surface area contributed by atoms with Gasteiger partial charge in [-0.2, -0.15) is 0 Å². The van der Waals surface area contributed by atoms with Crippen LogP contribution in [0, 0.1) is 23.7 Å². The van der Waals surface area contributed by atoms with Gasteiger partial charge >= 0.3 is 5.97 Å². The topological polar surface area (TPSA) is 63.7 Å². The maximum atomic E-state index is 13.4. The first-order chi connectivity index (χ1) is 25.9. The van der Waals surface area contributed by atoms with Crippen LogP contribution in [-0.2, 0) is 9.53 Å². The number of rotatable bonds is 28. The summed E-state index contributed by atoms with van der Waals surface area (Å²) in [5, 5.41) is 0. The molecule has 1 aromatic rings. The van der Waals surface area contributed by atoms with E-state index in [4.69, 9.17) is 4.74 Å². The number of benzene rings is 1.